The van der Waals surface area contributed by atoms with Crippen molar-refractivity contribution in [3.8, 4) is 5.75 Å². The minimum Gasteiger partial charge on any atom is -0.492 e. The van der Waals surface area contributed by atoms with E-state index in [0.29, 0.717) is 33.7 Å². The van der Waals surface area contributed by atoms with Gasteiger partial charge in [0.15, 0.2) is 0 Å². The summed E-state index contributed by atoms with van der Waals surface area (Å²) in [5.74, 6) is -1.33. The number of rotatable bonds is 5. The number of halogens is 2. The third-order valence-electron chi connectivity index (χ3n) is 2.99. The molecule has 2 aromatic carbocycles. The van der Waals surface area contributed by atoms with Crippen molar-refractivity contribution in [2.45, 2.75) is 6.92 Å². The fraction of sp³-hybridized carbons (Fsp3) is 0.118. The Morgan fingerprint density at radius 2 is 1.88 bits per heavy atom. The molecule has 0 saturated heterocycles. The molecule has 0 aliphatic rings. The van der Waals surface area contributed by atoms with Gasteiger partial charge < -0.3 is 10.1 Å². The van der Waals surface area contributed by atoms with Gasteiger partial charge in [0.05, 0.1) is 28.6 Å². The molecule has 2 amide bonds. The predicted molar refractivity (Wildman–Crippen MR) is 98.4 cm³/mol. The first-order valence-corrected chi connectivity index (χ1v) is 8.08. The van der Waals surface area contributed by atoms with Crippen LogP contribution < -0.4 is 15.5 Å². The maximum absolute atomic E-state index is 11.9. The summed E-state index contributed by atoms with van der Waals surface area (Å²) in [7, 11) is 0. The van der Waals surface area contributed by atoms with Gasteiger partial charge in [-0.1, -0.05) is 47.5 Å². The van der Waals surface area contributed by atoms with Crippen LogP contribution in [-0.4, -0.2) is 24.6 Å². The maximum Gasteiger partial charge on any atom is 0.329 e. The number of carbonyl (C=O) groups excluding carboxylic acids is 2. The van der Waals surface area contributed by atoms with Crippen LogP contribution in [0.4, 0.5) is 5.69 Å². The first-order chi connectivity index (χ1) is 12.0. The average molecular weight is 380 g/mol. The van der Waals surface area contributed by atoms with Crippen LogP contribution in [0.15, 0.2) is 47.6 Å². The van der Waals surface area contributed by atoms with E-state index in [1.54, 1.807) is 42.5 Å². The van der Waals surface area contributed by atoms with Crippen LogP contribution in [0.25, 0.3) is 0 Å². The van der Waals surface area contributed by atoms with E-state index < -0.39 is 11.8 Å². The lowest BCUT2D eigenvalue weighted by molar-refractivity contribution is -0.136. The smallest absolute Gasteiger partial charge is 0.329 e. The lowest BCUT2D eigenvalue weighted by Gasteiger charge is -2.10. The van der Waals surface area contributed by atoms with Gasteiger partial charge in [-0.25, -0.2) is 5.43 Å². The van der Waals surface area contributed by atoms with Crippen molar-refractivity contribution >= 4 is 46.9 Å². The van der Waals surface area contributed by atoms with Crippen molar-refractivity contribution in [1.82, 2.24) is 5.43 Å². The zero-order valence-corrected chi connectivity index (χ0v) is 14.8. The Morgan fingerprint density at radius 1 is 1.12 bits per heavy atom. The van der Waals surface area contributed by atoms with Crippen molar-refractivity contribution in [1.29, 1.82) is 0 Å². The number of benzene rings is 2. The molecule has 2 aromatic rings. The number of nitrogens with one attached hydrogen (secondary N) is 2. The first kappa shape index (κ1) is 18.8. The largest absolute Gasteiger partial charge is 0.492 e. The summed E-state index contributed by atoms with van der Waals surface area (Å²) in [6.07, 6.45) is 1.30. The van der Waals surface area contributed by atoms with E-state index >= 15 is 0 Å². The Hall–Kier alpha value is -2.57. The number of hydrazone groups is 1. The second-order valence-corrected chi connectivity index (χ2v) is 5.51. The summed E-state index contributed by atoms with van der Waals surface area (Å²) in [4.78, 5) is 23.8. The van der Waals surface area contributed by atoms with E-state index in [1.165, 1.54) is 6.21 Å². The molecule has 0 heterocycles. The van der Waals surface area contributed by atoms with Crippen molar-refractivity contribution in [3.63, 3.8) is 0 Å². The fourth-order valence-electron chi connectivity index (χ4n) is 1.86. The van der Waals surface area contributed by atoms with Gasteiger partial charge in [0, 0.05) is 5.56 Å². The average Bonchev–Trinajstić information content (AvgIpc) is 2.60. The third kappa shape index (κ3) is 5.20. The highest BCUT2D eigenvalue weighted by molar-refractivity contribution is 6.43. The minimum absolute atomic E-state index is 0.303. The third-order valence-corrected chi connectivity index (χ3v) is 3.83. The van der Waals surface area contributed by atoms with Gasteiger partial charge in [0.25, 0.3) is 0 Å². The fourth-order valence-corrected chi connectivity index (χ4v) is 2.22. The Kier molecular flexibility index (Phi) is 6.80. The molecule has 130 valence electrons. The monoisotopic (exact) mass is 379 g/mol. The predicted octanol–water partition coefficient (Wildman–Crippen LogP) is 3.48. The number of hydrogen-bond acceptors (Lipinski definition) is 4. The van der Waals surface area contributed by atoms with E-state index in [1.807, 2.05) is 6.92 Å². The number of amides is 2. The summed E-state index contributed by atoms with van der Waals surface area (Å²) in [6, 6.07) is 11.8. The maximum atomic E-state index is 11.9. The van der Waals surface area contributed by atoms with Crippen LogP contribution in [0.5, 0.6) is 5.75 Å². The summed E-state index contributed by atoms with van der Waals surface area (Å²) in [6.45, 7) is 2.25. The van der Waals surface area contributed by atoms with Crippen LogP contribution in [0.2, 0.25) is 10.0 Å². The molecule has 0 fully saturated rings. The SMILES string of the molecule is CCOc1ccccc1NC(=O)C(=O)NN=Cc1cccc(Cl)c1Cl. The van der Waals surface area contributed by atoms with Crippen LogP contribution in [0.3, 0.4) is 0 Å². The summed E-state index contributed by atoms with van der Waals surface area (Å²) >= 11 is 11.9. The van der Waals surface area contributed by atoms with Gasteiger partial charge in [-0.15, -0.1) is 0 Å². The molecule has 0 spiro atoms. The van der Waals surface area contributed by atoms with Gasteiger partial charge in [0.2, 0.25) is 0 Å². The normalized spacial score (nSPS) is 10.5. The number of anilines is 1. The van der Waals surface area contributed by atoms with Crippen molar-refractivity contribution in [2.24, 2.45) is 5.10 Å². The van der Waals surface area contributed by atoms with Crippen LogP contribution >= 0.6 is 23.2 Å². The molecule has 0 atom stereocenters. The molecule has 0 bridgehead atoms. The van der Waals surface area contributed by atoms with Crippen molar-refractivity contribution < 1.29 is 14.3 Å². The van der Waals surface area contributed by atoms with Crippen molar-refractivity contribution in [3.05, 3.63) is 58.1 Å². The number of nitrogens with zero attached hydrogens (tertiary/aromatic N) is 1. The summed E-state index contributed by atoms with van der Waals surface area (Å²) < 4.78 is 5.38. The van der Waals surface area contributed by atoms with Gasteiger partial charge in [0.1, 0.15) is 5.75 Å². The lowest BCUT2D eigenvalue weighted by atomic mass is 10.2. The second kappa shape index (κ2) is 9.05. The highest BCUT2D eigenvalue weighted by Gasteiger charge is 2.15. The molecule has 2 N–H and O–H groups in total. The molecular weight excluding hydrogens is 365 g/mol. The topological polar surface area (TPSA) is 79.8 Å². The van der Waals surface area contributed by atoms with E-state index in [2.05, 4.69) is 15.8 Å². The number of carbonyl (C=O) groups is 2. The minimum atomic E-state index is -0.930. The molecule has 25 heavy (non-hydrogen) atoms. The zero-order chi connectivity index (χ0) is 18.2. The lowest BCUT2D eigenvalue weighted by Crippen LogP contribution is -2.32. The number of para-hydroxylation sites is 2. The molecule has 0 radical (unpaired) electrons. The highest BCUT2D eigenvalue weighted by Crippen LogP contribution is 2.24. The zero-order valence-electron chi connectivity index (χ0n) is 13.3. The number of hydrogen-bond donors (Lipinski definition) is 2. The van der Waals surface area contributed by atoms with Gasteiger partial charge >= 0.3 is 11.8 Å². The molecule has 2 rings (SSSR count). The van der Waals surface area contributed by atoms with Crippen LogP contribution in [0, 0.1) is 0 Å². The molecule has 0 aromatic heterocycles. The van der Waals surface area contributed by atoms with E-state index in [9.17, 15) is 9.59 Å². The molecule has 0 saturated carbocycles. The highest BCUT2D eigenvalue weighted by atomic mass is 35.5. The standard InChI is InChI=1S/C17H15Cl2N3O3/c1-2-25-14-9-4-3-8-13(14)21-16(23)17(24)22-20-10-11-6-5-7-12(18)15(11)19/h3-10H,2H2,1H3,(H,21,23)(H,22,24). The van der Waals surface area contributed by atoms with Crippen molar-refractivity contribution in [2.75, 3.05) is 11.9 Å². The molecule has 0 aliphatic carbocycles. The van der Waals surface area contributed by atoms with Gasteiger partial charge in [-0.05, 0) is 25.1 Å². The van der Waals surface area contributed by atoms with Gasteiger partial charge in [-0.2, -0.15) is 5.10 Å². The van der Waals surface area contributed by atoms with E-state index in [0.717, 1.165) is 0 Å². The van der Waals surface area contributed by atoms with Gasteiger partial charge in [-0.3, -0.25) is 9.59 Å². The van der Waals surface area contributed by atoms with E-state index in [-0.39, 0.29) is 0 Å². The molecule has 0 aliphatic heterocycles. The quantitative estimate of drug-likeness (QED) is 0.474. The Balaban J connectivity index is 1.98. The summed E-state index contributed by atoms with van der Waals surface area (Å²) in [5.41, 5.74) is 3.03. The Bertz CT molecular complexity index is 809. The Morgan fingerprint density at radius 3 is 2.64 bits per heavy atom. The molecule has 6 nitrogen and oxygen atoms in total. The Labute approximate surface area is 154 Å². The van der Waals surface area contributed by atoms with Crippen LogP contribution in [0.1, 0.15) is 12.5 Å². The summed E-state index contributed by atoms with van der Waals surface area (Å²) in [5, 5.41) is 6.84. The second-order valence-electron chi connectivity index (χ2n) is 4.73. The molecular formula is C17H15Cl2N3O3. The molecule has 0 unspecified atom stereocenters. The number of ether oxygens (including phenoxy) is 1. The van der Waals surface area contributed by atoms with E-state index in [4.69, 9.17) is 27.9 Å². The molecule has 8 heteroatoms. The first-order valence-electron chi connectivity index (χ1n) is 7.33. The van der Waals surface area contributed by atoms with Crippen LogP contribution in [-0.2, 0) is 9.59 Å².